The second-order valence-electron chi connectivity index (χ2n) is 7.48. The summed E-state index contributed by atoms with van der Waals surface area (Å²) in [6.45, 7) is 4.17. The molecule has 0 saturated heterocycles. The molecule has 8 heteroatoms. The molecule has 2 aromatic carbocycles. The van der Waals surface area contributed by atoms with Crippen molar-refractivity contribution in [1.29, 1.82) is 0 Å². The number of anilines is 1. The Balaban J connectivity index is 1.61. The fraction of sp³-hybridized carbons (Fsp3) is 0.174. The number of hydrogen-bond acceptors (Lipinski definition) is 5. The van der Waals surface area contributed by atoms with E-state index in [1.807, 2.05) is 48.9 Å². The topological polar surface area (TPSA) is 78.3 Å². The average Bonchev–Trinajstić information content (AvgIpc) is 3.40. The van der Waals surface area contributed by atoms with E-state index in [0.29, 0.717) is 44.5 Å². The van der Waals surface area contributed by atoms with Crippen LogP contribution < -0.4 is 14.8 Å². The predicted molar refractivity (Wildman–Crippen MR) is 119 cm³/mol. The molecule has 2 aromatic heterocycles. The molecule has 5 rings (SSSR count). The smallest absolute Gasteiger partial charge is 0.256 e. The molecule has 1 aliphatic rings. The minimum Gasteiger partial charge on any atom is -0.454 e. The van der Waals surface area contributed by atoms with Crippen LogP contribution in [0.15, 0.2) is 54.7 Å². The van der Waals surface area contributed by atoms with Gasteiger partial charge >= 0.3 is 0 Å². The first kappa shape index (κ1) is 19.4. The number of amides is 1. The largest absolute Gasteiger partial charge is 0.454 e. The van der Waals surface area contributed by atoms with Crippen molar-refractivity contribution in [2.75, 3.05) is 12.1 Å². The normalized spacial score (nSPS) is 12.5. The summed E-state index contributed by atoms with van der Waals surface area (Å²) in [5.74, 6) is 0.782. The molecular formula is C23H19ClN4O3. The number of carbonyl (C=O) groups excluding carboxylic acids is 1. The third kappa shape index (κ3) is 3.47. The highest BCUT2D eigenvalue weighted by molar-refractivity contribution is 6.34. The van der Waals surface area contributed by atoms with Gasteiger partial charge in [-0.3, -0.25) is 4.79 Å². The number of fused-ring (bicyclic) bond motifs is 2. The second kappa shape index (κ2) is 7.59. The summed E-state index contributed by atoms with van der Waals surface area (Å²) in [7, 11) is 0. The Labute approximate surface area is 183 Å². The van der Waals surface area contributed by atoms with E-state index in [1.54, 1.807) is 24.4 Å². The lowest BCUT2D eigenvalue weighted by atomic mass is 10.1. The Hall–Kier alpha value is -3.58. The van der Waals surface area contributed by atoms with Gasteiger partial charge in [0.1, 0.15) is 0 Å². The van der Waals surface area contributed by atoms with Crippen molar-refractivity contribution in [3.8, 4) is 22.8 Å². The van der Waals surface area contributed by atoms with Gasteiger partial charge in [0.05, 0.1) is 33.6 Å². The molecule has 0 saturated carbocycles. The highest BCUT2D eigenvalue weighted by Gasteiger charge is 2.21. The molecule has 0 bridgehead atoms. The van der Waals surface area contributed by atoms with E-state index in [0.717, 1.165) is 5.56 Å². The van der Waals surface area contributed by atoms with E-state index >= 15 is 0 Å². The molecule has 4 aromatic rings. The van der Waals surface area contributed by atoms with Crippen molar-refractivity contribution in [1.82, 2.24) is 14.8 Å². The van der Waals surface area contributed by atoms with Crippen LogP contribution in [0.3, 0.4) is 0 Å². The minimum absolute atomic E-state index is 0.0928. The van der Waals surface area contributed by atoms with Crippen molar-refractivity contribution in [2.45, 2.75) is 19.9 Å². The number of nitrogens with one attached hydrogen (secondary N) is 1. The minimum atomic E-state index is -0.311. The highest BCUT2D eigenvalue weighted by atomic mass is 35.5. The van der Waals surface area contributed by atoms with E-state index in [-0.39, 0.29) is 18.7 Å². The van der Waals surface area contributed by atoms with Crippen LogP contribution in [0.25, 0.3) is 22.3 Å². The molecule has 31 heavy (non-hydrogen) atoms. The summed E-state index contributed by atoms with van der Waals surface area (Å²) in [6.07, 6.45) is 1.67. The lowest BCUT2D eigenvalue weighted by molar-refractivity contribution is 0.102. The number of benzene rings is 2. The van der Waals surface area contributed by atoms with Crippen molar-refractivity contribution < 1.29 is 14.3 Å². The summed E-state index contributed by atoms with van der Waals surface area (Å²) in [6, 6.07) is 14.9. The molecular weight excluding hydrogens is 416 g/mol. The maximum absolute atomic E-state index is 13.3. The zero-order valence-electron chi connectivity index (χ0n) is 16.9. The predicted octanol–water partition coefficient (Wildman–Crippen LogP) is 5.31. The molecule has 0 unspecified atom stereocenters. The molecule has 0 spiro atoms. The summed E-state index contributed by atoms with van der Waals surface area (Å²) >= 11 is 6.35. The fourth-order valence-corrected chi connectivity index (χ4v) is 3.74. The maximum atomic E-state index is 13.3. The molecule has 1 aliphatic heterocycles. The Morgan fingerprint density at radius 3 is 2.61 bits per heavy atom. The molecule has 0 atom stereocenters. The van der Waals surface area contributed by atoms with Crippen molar-refractivity contribution in [3.05, 3.63) is 65.3 Å². The average molecular weight is 435 g/mol. The lowest BCUT2D eigenvalue weighted by Gasteiger charge is -2.12. The quantitative estimate of drug-likeness (QED) is 0.470. The van der Waals surface area contributed by atoms with Gasteiger partial charge in [-0.25, -0.2) is 9.67 Å². The number of aromatic nitrogens is 3. The van der Waals surface area contributed by atoms with Crippen molar-refractivity contribution in [3.63, 3.8) is 0 Å². The van der Waals surface area contributed by atoms with Gasteiger partial charge < -0.3 is 14.8 Å². The van der Waals surface area contributed by atoms with Crippen LogP contribution in [0.5, 0.6) is 11.5 Å². The molecule has 0 aliphatic carbocycles. The van der Waals surface area contributed by atoms with Gasteiger partial charge in [-0.15, -0.1) is 0 Å². The maximum Gasteiger partial charge on any atom is 0.256 e. The molecule has 7 nitrogen and oxygen atoms in total. The van der Waals surface area contributed by atoms with Gasteiger partial charge in [-0.2, -0.15) is 5.10 Å². The molecule has 0 radical (unpaired) electrons. The van der Waals surface area contributed by atoms with E-state index in [9.17, 15) is 4.79 Å². The Bertz CT molecular complexity index is 1300. The van der Waals surface area contributed by atoms with Crippen LogP contribution >= 0.6 is 11.6 Å². The SMILES string of the molecule is CC(C)n1ncc2c(C(=O)Nc3cc4c(cc3Cl)OCO4)cc(-c3ccccc3)nc21. The first-order valence-electron chi connectivity index (χ1n) is 9.85. The summed E-state index contributed by atoms with van der Waals surface area (Å²) < 4.78 is 12.5. The van der Waals surface area contributed by atoms with Gasteiger partial charge in [0, 0.05) is 23.7 Å². The number of halogens is 1. The van der Waals surface area contributed by atoms with Crippen LogP contribution in [0.4, 0.5) is 5.69 Å². The van der Waals surface area contributed by atoms with Crippen LogP contribution in [0, 0.1) is 0 Å². The molecule has 1 N–H and O–H groups in total. The molecule has 156 valence electrons. The third-order valence-electron chi connectivity index (χ3n) is 5.08. The molecule has 0 fully saturated rings. The standard InChI is InChI=1S/C23H19ClN4O3/c1-13(2)28-22-16(11-25-28)15(8-18(26-22)14-6-4-3-5-7-14)23(29)27-19-10-21-20(9-17(19)24)30-12-31-21/h3-11,13H,12H2,1-2H3,(H,27,29). The van der Waals surface area contributed by atoms with Gasteiger partial charge in [0.25, 0.3) is 5.91 Å². The van der Waals surface area contributed by atoms with Crippen molar-refractivity contribution in [2.24, 2.45) is 0 Å². The van der Waals surface area contributed by atoms with Crippen LogP contribution in [-0.4, -0.2) is 27.5 Å². The monoisotopic (exact) mass is 434 g/mol. The van der Waals surface area contributed by atoms with Crippen LogP contribution in [0.2, 0.25) is 5.02 Å². The van der Waals surface area contributed by atoms with Gasteiger partial charge in [0.15, 0.2) is 17.1 Å². The van der Waals surface area contributed by atoms with Gasteiger partial charge in [0.2, 0.25) is 6.79 Å². The number of pyridine rings is 1. The first-order chi connectivity index (χ1) is 15.0. The number of rotatable bonds is 4. The van der Waals surface area contributed by atoms with E-state index in [4.69, 9.17) is 26.1 Å². The van der Waals surface area contributed by atoms with Gasteiger partial charge in [-0.1, -0.05) is 41.9 Å². The Morgan fingerprint density at radius 1 is 1.13 bits per heavy atom. The van der Waals surface area contributed by atoms with E-state index in [1.165, 1.54) is 0 Å². The number of ether oxygens (including phenoxy) is 2. The van der Waals surface area contributed by atoms with Gasteiger partial charge in [-0.05, 0) is 19.9 Å². The fourth-order valence-electron chi connectivity index (χ4n) is 3.54. The number of hydrogen-bond donors (Lipinski definition) is 1. The summed E-state index contributed by atoms with van der Waals surface area (Å²) in [4.78, 5) is 18.1. The third-order valence-corrected chi connectivity index (χ3v) is 5.39. The van der Waals surface area contributed by atoms with E-state index < -0.39 is 0 Å². The first-order valence-corrected chi connectivity index (χ1v) is 10.2. The number of carbonyl (C=O) groups is 1. The zero-order chi connectivity index (χ0) is 21.5. The zero-order valence-corrected chi connectivity index (χ0v) is 17.7. The summed E-state index contributed by atoms with van der Waals surface area (Å²) in [5.41, 5.74) is 3.16. The lowest BCUT2D eigenvalue weighted by Crippen LogP contribution is -2.14. The van der Waals surface area contributed by atoms with Crippen LogP contribution in [0.1, 0.15) is 30.2 Å². The Kier molecular flexibility index (Phi) is 4.75. The highest BCUT2D eigenvalue weighted by Crippen LogP contribution is 2.39. The molecule has 3 heterocycles. The second-order valence-corrected chi connectivity index (χ2v) is 7.89. The molecule has 1 amide bonds. The number of nitrogens with zero attached hydrogens (tertiary/aromatic N) is 3. The Morgan fingerprint density at radius 2 is 1.87 bits per heavy atom. The summed E-state index contributed by atoms with van der Waals surface area (Å²) in [5, 5.41) is 8.38. The van der Waals surface area contributed by atoms with Crippen LogP contribution in [-0.2, 0) is 0 Å². The van der Waals surface area contributed by atoms with E-state index in [2.05, 4.69) is 10.4 Å². The van der Waals surface area contributed by atoms with Crippen molar-refractivity contribution >= 4 is 34.2 Å².